The molecule has 0 radical (unpaired) electrons. The number of nitrogens with one attached hydrogen (secondary N) is 2. The van der Waals surface area contributed by atoms with Crippen LogP contribution in [0.2, 0.25) is 0 Å². The minimum Gasteiger partial charge on any atom is -0.381 e. The Labute approximate surface area is 173 Å². The monoisotopic (exact) mass is 405 g/mol. The second kappa shape index (κ2) is 10.3. The summed E-state index contributed by atoms with van der Waals surface area (Å²) in [6.45, 7) is 9.69. The van der Waals surface area contributed by atoms with Crippen molar-refractivity contribution in [2.75, 3.05) is 50.5 Å². The molecule has 2 fully saturated rings. The summed E-state index contributed by atoms with van der Waals surface area (Å²) in [5.41, 5.74) is 1.21. The van der Waals surface area contributed by atoms with E-state index in [1.54, 1.807) is 0 Å². The quantitative estimate of drug-likeness (QED) is 0.561. The van der Waals surface area contributed by atoms with Gasteiger partial charge in [0, 0.05) is 49.8 Å². The first kappa shape index (κ1) is 21.2. The van der Waals surface area contributed by atoms with E-state index in [0.29, 0.717) is 6.04 Å². The van der Waals surface area contributed by atoms with E-state index in [4.69, 9.17) is 9.73 Å². The van der Waals surface area contributed by atoms with Gasteiger partial charge in [0.05, 0.1) is 6.54 Å². The lowest BCUT2D eigenvalue weighted by Gasteiger charge is -2.35. The fourth-order valence-electron chi connectivity index (χ4n) is 3.81. The van der Waals surface area contributed by atoms with Crippen molar-refractivity contribution in [3.8, 4) is 0 Å². The predicted molar refractivity (Wildman–Crippen MR) is 120 cm³/mol. The minimum absolute atomic E-state index is 0.223. The molecule has 3 rings (SSSR count). The van der Waals surface area contributed by atoms with Crippen LogP contribution in [0.15, 0.2) is 23.3 Å². The molecule has 2 N–H and O–H groups in total. The Morgan fingerprint density at radius 3 is 2.68 bits per heavy atom. The van der Waals surface area contributed by atoms with Crippen molar-refractivity contribution in [1.29, 1.82) is 0 Å². The van der Waals surface area contributed by atoms with Gasteiger partial charge < -0.3 is 20.3 Å². The van der Waals surface area contributed by atoms with Gasteiger partial charge in [0.25, 0.3) is 0 Å². The van der Waals surface area contributed by atoms with Crippen molar-refractivity contribution >= 4 is 23.5 Å². The zero-order chi connectivity index (χ0) is 19.8. The number of hydrogen-bond donors (Lipinski definition) is 2. The molecule has 1 aromatic heterocycles. The largest absolute Gasteiger partial charge is 0.381 e. The number of ether oxygens (including phenoxy) is 1. The molecular weight excluding hydrogens is 370 g/mol. The lowest BCUT2D eigenvalue weighted by atomic mass is 9.99. The maximum atomic E-state index is 5.55. The van der Waals surface area contributed by atoms with Crippen LogP contribution in [0, 0.1) is 6.92 Å². The fraction of sp³-hybridized carbons (Fsp3) is 0.714. The molecule has 0 atom stereocenters. The number of pyridine rings is 1. The van der Waals surface area contributed by atoms with E-state index in [1.807, 2.05) is 18.0 Å². The Hall–Kier alpha value is -1.47. The number of hydrogen-bond acceptors (Lipinski definition) is 5. The molecule has 3 heterocycles. The van der Waals surface area contributed by atoms with Crippen molar-refractivity contribution in [3.63, 3.8) is 0 Å². The molecule has 0 saturated carbocycles. The number of nitrogens with zero attached hydrogens (tertiary/aromatic N) is 3. The van der Waals surface area contributed by atoms with Crippen LogP contribution < -0.4 is 15.5 Å². The zero-order valence-corrected chi connectivity index (χ0v) is 18.4. The van der Waals surface area contributed by atoms with Gasteiger partial charge in [-0.3, -0.25) is 4.99 Å². The van der Waals surface area contributed by atoms with Crippen molar-refractivity contribution in [1.82, 2.24) is 15.6 Å². The predicted octanol–water partition coefficient (Wildman–Crippen LogP) is 2.83. The number of rotatable bonds is 6. The summed E-state index contributed by atoms with van der Waals surface area (Å²) in [5, 5.41) is 7.10. The third-order valence-corrected chi connectivity index (χ3v) is 7.17. The van der Waals surface area contributed by atoms with Crippen LogP contribution in [0.25, 0.3) is 0 Å². The highest BCUT2D eigenvalue weighted by Gasteiger charge is 2.31. The molecule has 0 aliphatic carbocycles. The van der Waals surface area contributed by atoms with Crippen LogP contribution in [0.5, 0.6) is 0 Å². The van der Waals surface area contributed by atoms with Crippen LogP contribution in [0.3, 0.4) is 0 Å². The van der Waals surface area contributed by atoms with Crippen molar-refractivity contribution in [2.24, 2.45) is 4.99 Å². The summed E-state index contributed by atoms with van der Waals surface area (Å²) in [6, 6.07) is 4.73. The van der Waals surface area contributed by atoms with Gasteiger partial charge in [0.15, 0.2) is 5.96 Å². The summed E-state index contributed by atoms with van der Waals surface area (Å²) >= 11 is 1.94. The van der Waals surface area contributed by atoms with Gasteiger partial charge in [-0.05, 0) is 57.4 Å². The summed E-state index contributed by atoms with van der Waals surface area (Å²) in [4.78, 5) is 11.9. The minimum atomic E-state index is 0.223. The molecule has 0 unspecified atom stereocenters. The molecular formula is C21H35N5OS. The van der Waals surface area contributed by atoms with Gasteiger partial charge in [-0.2, -0.15) is 11.8 Å². The van der Waals surface area contributed by atoms with E-state index < -0.39 is 0 Å². The average Bonchev–Trinajstić information content (AvgIpc) is 2.74. The Kier molecular flexibility index (Phi) is 7.85. The second-order valence-corrected chi connectivity index (χ2v) is 9.07. The molecule has 0 spiro atoms. The van der Waals surface area contributed by atoms with Crippen molar-refractivity contribution < 1.29 is 4.74 Å². The molecule has 156 valence electrons. The van der Waals surface area contributed by atoms with Gasteiger partial charge in [-0.25, -0.2) is 4.98 Å². The van der Waals surface area contributed by atoms with Gasteiger partial charge in [0.1, 0.15) is 5.82 Å². The molecule has 2 saturated heterocycles. The second-order valence-electron chi connectivity index (χ2n) is 7.79. The Morgan fingerprint density at radius 1 is 1.32 bits per heavy atom. The molecule has 2 aliphatic heterocycles. The van der Waals surface area contributed by atoms with E-state index >= 15 is 0 Å². The lowest BCUT2D eigenvalue weighted by Crippen LogP contribution is -2.49. The molecule has 1 aromatic rings. The smallest absolute Gasteiger partial charge is 0.191 e. The Bertz CT molecular complexity index is 622. The highest BCUT2D eigenvalue weighted by atomic mass is 32.2. The van der Waals surface area contributed by atoms with Crippen molar-refractivity contribution in [2.45, 2.75) is 50.3 Å². The van der Waals surface area contributed by atoms with Crippen LogP contribution in [0.1, 0.15) is 38.2 Å². The first-order valence-corrected chi connectivity index (χ1v) is 11.7. The van der Waals surface area contributed by atoms with Crippen molar-refractivity contribution in [3.05, 3.63) is 23.9 Å². The summed E-state index contributed by atoms with van der Waals surface area (Å²) < 4.78 is 5.78. The third-order valence-electron chi connectivity index (χ3n) is 5.76. The molecule has 6 nitrogen and oxygen atoms in total. The number of aryl methyl sites for hydroxylation is 1. The van der Waals surface area contributed by atoms with Crippen LogP contribution in [-0.4, -0.2) is 67.4 Å². The first-order valence-electron chi connectivity index (χ1n) is 10.5. The van der Waals surface area contributed by atoms with Crippen LogP contribution in [0.4, 0.5) is 5.82 Å². The maximum Gasteiger partial charge on any atom is 0.191 e. The number of aromatic nitrogens is 1. The lowest BCUT2D eigenvalue weighted by molar-refractivity contribution is 0.0794. The van der Waals surface area contributed by atoms with E-state index in [-0.39, 0.29) is 4.75 Å². The first-order chi connectivity index (χ1) is 13.6. The summed E-state index contributed by atoms with van der Waals surface area (Å²) in [5.74, 6) is 2.04. The summed E-state index contributed by atoms with van der Waals surface area (Å²) in [7, 11) is 0. The Morgan fingerprint density at radius 2 is 2.07 bits per heavy atom. The topological polar surface area (TPSA) is 61.8 Å². The molecule has 2 aliphatic rings. The van der Waals surface area contributed by atoms with E-state index in [0.717, 1.165) is 76.9 Å². The number of guanidine groups is 1. The number of aliphatic imine (C=N–C) groups is 1. The van der Waals surface area contributed by atoms with E-state index in [2.05, 4.69) is 52.8 Å². The third kappa shape index (κ3) is 5.77. The average molecular weight is 406 g/mol. The van der Waals surface area contributed by atoms with Gasteiger partial charge in [0.2, 0.25) is 0 Å². The van der Waals surface area contributed by atoms with Gasteiger partial charge in [-0.1, -0.05) is 6.07 Å². The summed E-state index contributed by atoms with van der Waals surface area (Å²) in [6.07, 6.45) is 8.52. The molecule has 0 aromatic carbocycles. The van der Waals surface area contributed by atoms with E-state index in [9.17, 15) is 0 Å². The Balaban J connectivity index is 1.53. The molecule has 28 heavy (non-hydrogen) atoms. The van der Waals surface area contributed by atoms with Crippen LogP contribution >= 0.6 is 11.8 Å². The van der Waals surface area contributed by atoms with E-state index in [1.165, 1.54) is 5.56 Å². The normalized spacial score (nSPS) is 20.8. The SMILES string of the molecule is CCNC(=NCC1(SC)CCOCC1)NC1CCN(c2ccc(C)cn2)CC1. The standard InChI is InChI=1S/C21H35N5OS/c1-4-22-20(24-16-21(28-3)9-13-27-14-10-21)25-18-7-11-26(12-8-18)19-6-5-17(2)15-23-19/h5-6,15,18H,4,7-14,16H2,1-3H3,(H2,22,24,25). The van der Waals surface area contributed by atoms with Gasteiger partial charge in [-0.15, -0.1) is 0 Å². The number of piperidine rings is 1. The number of anilines is 1. The number of thioether (sulfide) groups is 1. The maximum absolute atomic E-state index is 5.55. The highest BCUT2D eigenvalue weighted by Crippen LogP contribution is 2.34. The van der Waals surface area contributed by atoms with Gasteiger partial charge >= 0.3 is 0 Å². The fourth-order valence-corrected chi connectivity index (χ4v) is 4.58. The molecule has 0 amide bonds. The molecule has 7 heteroatoms. The zero-order valence-electron chi connectivity index (χ0n) is 17.5. The van der Waals surface area contributed by atoms with Crippen LogP contribution in [-0.2, 0) is 4.74 Å². The highest BCUT2D eigenvalue weighted by molar-refractivity contribution is 8.00. The molecule has 0 bridgehead atoms.